The van der Waals surface area contributed by atoms with E-state index in [1.807, 2.05) is 13.0 Å². The van der Waals surface area contributed by atoms with Crippen molar-refractivity contribution in [3.8, 4) is 11.5 Å². The van der Waals surface area contributed by atoms with E-state index in [4.69, 9.17) is 14.2 Å². The normalized spacial score (nSPS) is 16.8. The smallest absolute Gasteiger partial charge is 0.409 e. The number of fused-ring (bicyclic) bond motifs is 1. The fourth-order valence-corrected chi connectivity index (χ4v) is 3.07. The Morgan fingerprint density at radius 3 is 2.43 bits per heavy atom. The molecular formula is C18H27NO4. The van der Waals surface area contributed by atoms with Crippen LogP contribution in [0.4, 0.5) is 4.79 Å². The van der Waals surface area contributed by atoms with Crippen molar-refractivity contribution in [3.63, 3.8) is 0 Å². The number of ether oxygens (including phenoxy) is 3. The third-order valence-corrected chi connectivity index (χ3v) is 4.52. The Morgan fingerprint density at radius 2 is 1.83 bits per heavy atom. The second-order valence-corrected chi connectivity index (χ2v) is 6.43. The Morgan fingerprint density at radius 1 is 1.17 bits per heavy atom. The molecule has 1 heterocycles. The van der Waals surface area contributed by atoms with Crippen LogP contribution in [0.15, 0.2) is 12.1 Å². The van der Waals surface area contributed by atoms with E-state index in [2.05, 4.69) is 19.9 Å². The Balaban J connectivity index is 2.37. The highest BCUT2D eigenvalue weighted by Gasteiger charge is 2.30. The molecule has 1 amide bonds. The minimum atomic E-state index is -0.229. The van der Waals surface area contributed by atoms with Crippen LogP contribution < -0.4 is 9.47 Å². The van der Waals surface area contributed by atoms with Crippen LogP contribution >= 0.6 is 0 Å². The van der Waals surface area contributed by atoms with Crippen LogP contribution in [0.2, 0.25) is 0 Å². The predicted molar refractivity (Wildman–Crippen MR) is 89.5 cm³/mol. The topological polar surface area (TPSA) is 48.0 Å². The van der Waals surface area contributed by atoms with E-state index in [0.29, 0.717) is 19.7 Å². The molecular weight excluding hydrogens is 294 g/mol. The van der Waals surface area contributed by atoms with Gasteiger partial charge in [-0.25, -0.2) is 4.79 Å². The van der Waals surface area contributed by atoms with Gasteiger partial charge in [-0.1, -0.05) is 13.8 Å². The molecule has 5 nitrogen and oxygen atoms in total. The maximum atomic E-state index is 12.1. The molecule has 0 fully saturated rings. The molecule has 1 aromatic rings. The van der Waals surface area contributed by atoms with E-state index in [1.165, 1.54) is 11.1 Å². The highest BCUT2D eigenvalue weighted by Crippen LogP contribution is 2.39. The molecule has 0 atom stereocenters. The molecule has 0 saturated heterocycles. The summed E-state index contributed by atoms with van der Waals surface area (Å²) in [6.45, 7) is 7.98. The van der Waals surface area contributed by atoms with Gasteiger partial charge in [0.1, 0.15) is 0 Å². The van der Waals surface area contributed by atoms with Gasteiger partial charge in [-0.05, 0) is 48.4 Å². The minimum Gasteiger partial charge on any atom is -0.493 e. The van der Waals surface area contributed by atoms with Crippen molar-refractivity contribution < 1.29 is 19.0 Å². The lowest BCUT2D eigenvalue weighted by atomic mass is 9.77. The molecule has 0 N–H and O–H groups in total. The van der Waals surface area contributed by atoms with Crippen molar-refractivity contribution in [1.29, 1.82) is 0 Å². The molecule has 5 heteroatoms. The molecule has 0 saturated carbocycles. The van der Waals surface area contributed by atoms with Gasteiger partial charge in [0.15, 0.2) is 11.5 Å². The Labute approximate surface area is 138 Å². The second-order valence-electron chi connectivity index (χ2n) is 6.43. The van der Waals surface area contributed by atoms with Crippen molar-refractivity contribution in [2.24, 2.45) is 0 Å². The summed E-state index contributed by atoms with van der Waals surface area (Å²) in [4.78, 5) is 13.9. The highest BCUT2D eigenvalue weighted by molar-refractivity contribution is 5.67. The second kappa shape index (κ2) is 7.11. The molecule has 128 valence electrons. The first kappa shape index (κ1) is 17.4. The number of hydrogen-bond acceptors (Lipinski definition) is 4. The third kappa shape index (κ3) is 3.71. The van der Waals surface area contributed by atoms with Gasteiger partial charge in [0.25, 0.3) is 0 Å². The summed E-state index contributed by atoms with van der Waals surface area (Å²) in [5.74, 6) is 1.48. The van der Waals surface area contributed by atoms with Crippen molar-refractivity contribution in [1.82, 2.24) is 4.90 Å². The van der Waals surface area contributed by atoms with Gasteiger partial charge in [0, 0.05) is 13.1 Å². The van der Waals surface area contributed by atoms with Gasteiger partial charge < -0.3 is 19.1 Å². The molecule has 0 unspecified atom stereocenters. The largest absolute Gasteiger partial charge is 0.493 e. The zero-order chi connectivity index (χ0) is 17.0. The summed E-state index contributed by atoms with van der Waals surface area (Å²) in [5.41, 5.74) is 2.40. The van der Waals surface area contributed by atoms with Gasteiger partial charge in [0.2, 0.25) is 0 Å². The quantitative estimate of drug-likeness (QED) is 0.856. The lowest BCUT2D eigenvalue weighted by Crippen LogP contribution is -2.39. The van der Waals surface area contributed by atoms with Crippen LogP contribution in [0.25, 0.3) is 0 Å². The molecule has 1 aromatic carbocycles. The van der Waals surface area contributed by atoms with Gasteiger partial charge in [-0.2, -0.15) is 0 Å². The molecule has 1 aliphatic rings. The minimum absolute atomic E-state index is 0.0555. The summed E-state index contributed by atoms with van der Waals surface area (Å²) >= 11 is 0. The van der Waals surface area contributed by atoms with E-state index in [1.54, 1.807) is 19.1 Å². The average molecular weight is 321 g/mol. The van der Waals surface area contributed by atoms with Crippen molar-refractivity contribution in [3.05, 3.63) is 23.3 Å². The predicted octanol–water partition coefficient (Wildman–Crippen LogP) is 3.39. The number of rotatable bonds is 3. The zero-order valence-electron chi connectivity index (χ0n) is 14.8. The van der Waals surface area contributed by atoms with E-state index in [9.17, 15) is 4.79 Å². The first-order chi connectivity index (χ1) is 10.9. The maximum absolute atomic E-state index is 12.1. The van der Waals surface area contributed by atoms with E-state index in [-0.39, 0.29) is 11.5 Å². The van der Waals surface area contributed by atoms with Crippen molar-refractivity contribution in [2.45, 2.75) is 39.0 Å². The van der Waals surface area contributed by atoms with Gasteiger partial charge in [-0.15, -0.1) is 0 Å². The third-order valence-electron chi connectivity index (χ3n) is 4.52. The monoisotopic (exact) mass is 321 g/mol. The Hall–Kier alpha value is -1.91. The SMILES string of the molecule is CCOC(=O)N1CCc2cc(OC)c(OC)cc2C(C)(C)CC1. The van der Waals surface area contributed by atoms with Crippen molar-refractivity contribution >= 4 is 6.09 Å². The number of carbonyl (C=O) groups excluding carboxylic acids is 1. The van der Waals surface area contributed by atoms with Crippen LogP contribution in [0.5, 0.6) is 11.5 Å². The molecule has 0 spiro atoms. The summed E-state index contributed by atoms with van der Waals surface area (Å²) in [6, 6.07) is 4.11. The van der Waals surface area contributed by atoms with Crippen LogP contribution in [-0.2, 0) is 16.6 Å². The van der Waals surface area contributed by atoms with Gasteiger partial charge in [0.05, 0.1) is 20.8 Å². The fourth-order valence-electron chi connectivity index (χ4n) is 3.07. The number of benzene rings is 1. The van der Waals surface area contributed by atoms with Crippen LogP contribution in [-0.4, -0.2) is 44.9 Å². The highest BCUT2D eigenvalue weighted by atomic mass is 16.6. The van der Waals surface area contributed by atoms with E-state index >= 15 is 0 Å². The Kier molecular flexibility index (Phi) is 5.39. The summed E-state index contributed by atoms with van der Waals surface area (Å²) < 4.78 is 16.0. The van der Waals surface area contributed by atoms with Crippen LogP contribution in [0.1, 0.15) is 38.3 Å². The lowest BCUT2D eigenvalue weighted by Gasteiger charge is -2.34. The number of amides is 1. The average Bonchev–Trinajstić information content (AvgIpc) is 2.52. The molecule has 1 aliphatic heterocycles. The lowest BCUT2D eigenvalue weighted by molar-refractivity contribution is 0.104. The summed E-state index contributed by atoms with van der Waals surface area (Å²) in [5, 5.41) is 0. The number of methoxy groups -OCH3 is 2. The Bertz CT molecular complexity index is 568. The van der Waals surface area contributed by atoms with E-state index in [0.717, 1.165) is 24.3 Å². The fraction of sp³-hybridized carbons (Fsp3) is 0.611. The first-order valence-corrected chi connectivity index (χ1v) is 8.10. The summed E-state index contributed by atoms with van der Waals surface area (Å²) in [7, 11) is 3.30. The molecule has 0 radical (unpaired) electrons. The van der Waals surface area contributed by atoms with Crippen molar-refractivity contribution in [2.75, 3.05) is 33.9 Å². The van der Waals surface area contributed by atoms with Gasteiger partial charge >= 0.3 is 6.09 Å². The van der Waals surface area contributed by atoms with Crippen LogP contribution in [0, 0.1) is 0 Å². The van der Waals surface area contributed by atoms with Gasteiger partial charge in [-0.3, -0.25) is 0 Å². The molecule has 0 aliphatic carbocycles. The molecule has 0 aromatic heterocycles. The van der Waals surface area contributed by atoms with E-state index < -0.39 is 0 Å². The number of carbonyl (C=O) groups is 1. The maximum Gasteiger partial charge on any atom is 0.409 e. The zero-order valence-corrected chi connectivity index (χ0v) is 14.8. The number of hydrogen-bond donors (Lipinski definition) is 0. The summed E-state index contributed by atoms with van der Waals surface area (Å²) in [6.07, 6.45) is 1.42. The van der Waals surface area contributed by atoms with Crippen LogP contribution in [0.3, 0.4) is 0 Å². The number of nitrogens with zero attached hydrogens (tertiary/aromatic N) is 1. The molecule has 0 bridgehead atoms. The standard InChI is InChI=1S/C18H27NO4/c1-6-23-17(20)19-9-7-13-11-15(21-4)16(22-5)12-14(13)18(2,3)8-10-19/h11-12H,6-10H2,1-5H3. The molecule has 23 heavy (non-hydrogen) atoms. The first-order valence-electron chi connectivity index (χ1n) is 8.10. The molecule has 2 rings (SSSR count).